The molecule has 0 aliphatic carbocycles. The second-order valence-corrected chi connectivity index (χ2v) is 5.83. The van der Waals surface area contributed by atoms with E-state index in [4.69, 9.17) is 9.47 Å². The maximum absolute atomic E-state index is 5.90. The van der Waals surface area contributed by atoms with E-state index in [1.165, 1.54) is 6.42 Å². The summed E-state index contributed by atoms with van der Waals surface area (Å²) in [5.41, 5.74) is 1.30. The van der Waals surface area contributed by atoms with Crippen LogP contribution < -0.4 is 9.47 Å². The molecule has 0 saturated carbocycles. The zero-order valence-electron chi connectivity index (χ0n) is 16.4. The molecule has 1 aromatic carbocycles. The minimum absolute atomic E-state index is 0.216. The lowest BCUT2D eigenvalue weighted by Crippen LogP contribution is -2.20. The smallest absolute Gasteiger partial charge is 0.125 e. The molecule has 0 radical (unpaired) electrons. The van der Waals surface area contributed by atoms with Gasteiger partial charge in [0.1, 0.15) is 11.5 Å². The number of ether oxygens (including phenoxy) is 2. The van der Waals surface area contributed by atoms with Crippen LogP contribution in [0, 0.1) is 12.3 Å². The van der Waals surface area contributed by atoms with E-state index in [0.717, 1.165) is 30.1 Å². The van der Waals surface area contributed by atoms with Gasteiger partial charge < -0.3 is 9.47 Å². The molecule has 0 spiro atoms. The average Bonchev–Trinajstić information content (AvgIpc) is 2.51. The Morgan fingerprint density at radius 3 is 1.77 bits per heavy atom. The highest BCUT2D eigenvalue weighted by Gasteiger charge is 2.17. The number of benzene rings is 1. The minimum Gasteiger partial charge on any atom is -0.493 e. The standard InChI is InChI=1S/C15H24O2.C3H8.C2H6/c1-6-15(4,5)11-17-14-10-8-9-13(12(14)3)16-7-2;1-3-2;1-2/h8-10H,6-7,11H2,1-5H3;3H2,1-2H3;1-2H3. The number of hydrogen-bond donors (Lipinski definition) is 0. The molecule has 2 nitrogen and oxygen atoms in total. The predicted molar refractivity (Wildman–Crippen MR) is 99.2 cm³/mol. The quantitative estimate of drug-likeness (QED) is 0.585. The summed E-state index contributed by atoms with van der Waals surface area (Å²) in [5, 5.41) is 0. The molecule has 2 heteroatoms. The van der Waals surface area contributed by atoms with Crippen LogP contribution in [-0.2, 0) is 0 Å². The van der Waals surface area contributed by atoms with Crippen molar-refractivity contribution >= 4 is 0 Å². The van der Waals surface area contributed by atoms with Gasteiger partial charge in [-0.2, -0.15) is 0 Å². The van der Waals surface area contributed by atoms with Gasteiger partial charge in [-0.15, -0.1) is 0 Å². The maximum Gasteiger partial charge on any atom is 0.125 e. The lowest BCUT2D eigenvalue weighted by Gasteiger charge is -2.23. The van der Waals surface area contributed by atoms with Crippen LogP contribution in [0.15, 0.2) is 18.2 Å². The van der Waals surface area contributed by atoms with E-state index in [1.807, 2.05) is 45.9 Å². The molecule has 0 atom stereocenters. The van der Waals surface area contributed by atoms with Gasteiger partial charge in [-0.1, -0.05) is 61.0 Å². The predicted octanol–water partition coefficient (Wildman–Crippen LogP) is 6.65. The first-order valence-corrected chi connectivity index (χ1v) is 8.77. The SMILES string of the molecule is CC.CCC.CCOc1cccc(OCC(C)(C)CC)c1C. The molecule has 0 amide bonds. The Hall–Kier alpha value is -1.18. The fourth-order valence-electron chi connectivity index (χ4n) is 1.44. The molecule has 1 aromatic rings. The lowest BCUT2D eigenvalue weighted by atomic mass is 9.92. The van der Waals surface area contributed by atoms with Crippen LogP contribution in [0.25, 0.3) is 0 Å². The van der Waals surface area contributed by atoms with Crippen molar-refractivity contribution in [1.29, 1.82) is 0 Å². The fourth-order valence-corrected chi connectivity index (χ4v) is 1.44. The topological polar surface area (TPSA) is 18.5 Å². The van der Waals surface area contributed by atoms with Gasteiger partial charge in [0, 0.05) is 5.56 Å². The first-order valence-electron chi connectivity index (χ1n) is 8.77. The van der Waals surface area contributed by atoms with Gasteiger partial charge in [-0.3, -0.25) is 0 Å². The highest BCUT2D eigenvalue weighted by molar-refractivity contribution is 5.43. The highest BCUT2D eigenvalue weighted by atomic mass is 16.5. The number of rotatable bonds is 6. The summed E-state index contributed by atoms with van der Waals surface area (Å²) in [5.74, 6) is 1.84. The fraction of sp³-hybridized carbons (Fsp3) is 0.700. The van der Waals surface area contributed by atoms with E-state index in [-0.39, 0.29) is 5.41 Å². The normalized spacial score (nSPS) is 9.86. The van der Waals surface area contributed by atoms with Crippen LogP contribution in [-0.4, -0.2) is 13.2 Å². The van der Waals surface area contributed by atoms with Crippen LogP contribution in [0.3, 0.4) is 0 Å². The van der Waals surface area contributed by atoms with Gasteiger partial charge in [0.2, 0.25) is 0 Å². The molecule has 0 bridgehead atoms. The third kappa shape index (κ3) is 9.70. The van der Waals surface area contributed by atoms with Crippen molar-refractivity contribution in [2.75, 3.05) is 13.2 Å². The Morgan fingerprint density at radius 2 is 1.36 bits per heavy atom. The molecule has 0 aromatic heterocycles. The van der Waals surface area contributed by atoms with Crippen molar-refractivity contribution in [3.05, 3.63) is 23.8 Å². The summed E-state index contributed by atoms with van der Waals surface area (Å²) in [4.78, 5) is 0. The van der Waals surface area contributed by atoms with Crippen molar-refractivity contribution in [2.45, 2.75) is 75.2 Å². The lowest BCUT2D eigenvalue weighted by molar-refractivity contribution is 0.174. The number of hydrogen-bond acceptors (Lipinski definition) is 2. The summed E-state index contributed by atoms with van der Waals surface area (Å²) in [6, 6.07) is 5.96. The monoisotopic (exact) mass is 310 g/mol. The van der Waals surface area contributed by atoms with Gasteiger partial charge >= 0.3 is 0 Å². The average molecular weight is 311 g/mol. The molecule has 0 N–H and O–H groups in total. The molecular weight excluding hydrogens is 272 g/mol. The van der Waals surface area contributed by atoms with E-state index < -0.39 is 0 Å². The van der Waals surface area contributed by atoms with Crippen LogP contribution in [0.2, 0.25) is 0 Å². The van der Waals surface area contributed by atoms with E-state index in [2.05, 4.69) is 34.6 Å². The Morgan fingerprint density at radius 1 is 0.909 bits per heavy atom. The third-order valence-corrected chi connectivity index (χ3v) is 3.11. The summed E-state index contributed by atoms with van der Waals surface area (Å²) in [7, 11) is 0. The summed E-state index contributed by atoms with van der Waals surface area (Å²) >= 11 is 0. The van der Waals surface area contributed by atoms with E-state index >= 15 is 0 Å². The summed E-state index contributed by atoms with van der Waals surface area (Å²) in [6.07, 6.45) is 2.36. The second kappa shape index (κ2) is 13.5. The first kappa shape index (κ1) is 23.1. The van der Waals surface area contributed by atoms with Crippen LogP contribution in [0.1, 0.15) is 73.8 Å². The van der Waals surface area contributed by atoms with Crippen molar-refractivity contribution in [2.24, 2.45) is 5.41 Å². The van der Waals surface area contributed by atoms with Crippen LogP contribution in [0.5, 0.6) is 11.5 Å². The van der Waals surface area contributed by atoms with Crippen molar-refractivity contribution < 1.29 is 9.47 Å². The highest BCUT2D eigenvalue weighted by Crippen LogP contribution is 2.29. The molecular formula is C20H38O2. The molecule has 1 rings (SSSR count). The maximum atomic E-state index is 5.90. The molecule has 0 saturated heterocycles. The Bertz CT molecular complexity index is 370. The molecule has 22 heavy (non-hydrogen) atoms. The van der Waals surface area contributed by atoms with Crippen molar-refractivity contribution in [3.63, 3.8) is 0 Å². The second-order valence-electron chi connectivity index (χ2n) is 5.83. The summed E-state index contributed by atoms with van der Waals surface area (Å²) < 4.78 is 11.5. The molecule has 130 valence electrons. The van der Waals surface area contributed by atoms with Gasteiger partial charge in [0.05, 0.1) is 13.2 Å². The summed E-state index contributed by atoms with van der Waals surface area (Å²) in [6.45, 7) is 20.3. The van der Waals surface area contributed by atoms with E-state index in [0.29, 0.717) is 6.61 Å². The zero-order chi connectivity index (χ0) is 17.6. The molecule has 0 fully saturated rings. The van der Waals surface area contributed by atoms with E-state index in [1.54, 1.807) is 0 Å². The largest absolute Gasteiger partial charge is 0.493 e. The minimum atomic E-state index is 0.216. The zero-order valence-corrected chi connectivity index (χ0v) is 16.4. The Balaban J connectivity index is 0. The first-order chi connectivity index (χ1) is 10.4. The van der Waals surface area contributed by atoms with Gasteiger partial charge in [-0.05, 0) is 37.8 Å². The molecule has 0 heterocycles. The van der Waals surface area contributed by atoms with Crippen LogP contribution in [0.4, 0.5) is 0 Å². The Kier molecular flexibility index (Phi) is 14.1. The van der Waals surface area contributed by atoms with E-state index in [9.17, 15) is 0 Å². The Labute approximate surface area is 139 Å². The molecule has 0 unspecified atom stereocenters. The molecule has 0 aliphatic heterocycles. The van der Waals surface area contributed by atoms with Crippen molar-refractivity contribution in [1.82, 2.24) is 0 Å². The van der Waals surface area contributed by atoms with Crippen molar-refractivity contribution in [3.8, 4) is 11.5 Å². The van der Waals surface area contributed by atoms with Gasteiger partial charge in [0.25, 0.3) is 0 Å². The molecule has 0 aliphatic rings. The van der Waals surface area contributed by atoms with Crippen LogP contribution >= 0.6 is 0 Å². The third-order valence-electron chi connectivity index (χ3n) is 3.11. The van der Waals surface area contributed by atoms with Gasteiger partial charge in [-0.25, -0.2) is 0 Å². The van der Waals surface area contributed by atoms with Gasteiger partial charge in [0.15, 0.2) is 0 Å².